The monoisotopic (exact) mass is 412 g/mol. The van der Waals surface area contributed by atoms with E-state index in [1.165, 1.54) is 11.6 Å². The molecular weight excluding hydrogens is 395 g/mol. The fourth-order valence-corrected chi connectivity index (χ4v) is 3.08. The maximum Gasteiger partial charge on any atom is 0.238 e. The van der Waals surface area contributed by atoms with Crippen molar-refractivity contribution in [3.8, 4) is 0 Å². The number of rotatable bonds is 6. The average Bonchev–Trinajstić information content (AvgIpc) is 2.66. The van der Waals surface area contributed by atoms with Gasteiger partial charge in [-0.15, -0.1) is 0 Å². The molecule has 1 atom stereocenters. The lowest BCUT2D eigenvalue weighted by molar-refractivity contribution is -0.115. The van der Waals surface area contributed by atoms with Gasteiger partial charge in [-0.2, -0.15) is 0 Å². The van der Waals surface area contributed by atoms with Gasteiger partial charge in [0.15, 0.2) is 0 Å². The second kappa shape index (κ2) is 8.72. The first-order valence-corrected chi connectivity index (χ1v) is 9.19. The van der Waals surface area contributed by atoms with Crippen LogP contribution in [-0.2, 0) is 17.6 Å². The van der Waals surface area contributed by atoms with Crippen LogP contribution in [0.1, 0.15) is 16.7 Å². The number of anilines is 1. The van der Waals surface area contributed by atoms with Crippen LogP contribution in [-0.4, -0.2) is 15.7 Å². The van der Waals surface area contributed by atoms with Crippen LogP contribution in [0.3, 0.4) is 0 Å². The van der Waals surface area contributed by atoms with Crippen LogP contribution < -0.4 is 5.32 Å². The molecule has 3 rings (SSSR count). The zero-order chi connectivity index (χ0) is 18.4. The normalized spacial score (nSPS) is 11.8. The largest absolute Gasteiger partial charge is 0.325 e. The molecule has 1 aromatic heterocycles. The van der Waals surface area contributed by atoms with Crippen molar-refractivity contribution in [3.63, 3.8) is 0 Å². The van der Waals surface area contributed by atoms with Gasteiger partial charge in [-0.1, -0.05) is 46.3 Å². The van der Waals surface area contributed by atoms with Crippen molar-refractivity contribution in [2.24, 2.45) is 0 Å². The van der Waals surface area contributed by atoms with Crippen molar-refractivity contribution < 1.29 is 9.18 Å². The number of carbonyl (C=O) groups is 1. The predicted octanol–water partition coefficient (Wildman–Crippen LogP) is 4.76. The molecule has 0 aliphatic rings. The molecule has 2 aromatic carbocycles. The molecule has 1 amide bonds. The summed E-state index contributed by atoms with van der Waals surface area (Å²) >= 11 is 3.35. The van der Waals surface area contributed by atoms with E-state index in [0.29, 0.717) is 17.7 Å². The van der Waals surface area contributed by atoms with Gasteiger partial charge in [0, 0.05) is 18.1 Å². The fourth-order valence-electron chi connectivity index (χ4n) is 2.61. The third kappa shape index (κ3) is 4.99. The Morgan fingerprint density at radius 1 is 1.00 bits per heavy atom. The van der Waals surface area contributed by atoms with Crippen LogP contribution >= 0.6 is 15.9 Å². The Bertz CT molecular complexity index is 869. The van der Waals surface area contributed by atoms with Crippen LogP contribution in [0, 0.1) is 5.82 Å². The van der Waals surface area contributed by atoms with E-state index < -0.39 is 4.83 Å². The molecule has 0 saturated carbocycles. The third-order valence-electron chi connectivity index (χ3n) is 4.02. The summed E-state index contributed by atoms with van der Waals surface area (Å²) in [5, 5.41) is 2.85. The minimum Gasteiger partial charge on any atom is -0.325 e. The summed E-state index contributed by atoms with van der Waals surface area (Å²) in [7, 11) is 0. The molecule has 0 saturated heterocycles. The number of amides is 1. The van der Waals surface area contributed by atoms with Crippen LogP contribution in [0.25, 0.3) is 0 Å². The molecular formula is C21H18BrFN2O. The average molecular weight is 413 g/mol. The molecule has 26 heavy (non-hydrogen) atoms. The van der Waals surface area contributed by atoms with Crippen molar-refractivity contribution in [2.75, 3.05) is 5.32 Å². The summed E-state index contributed by atoms with van der Waals surface area (Å²) in [5.41, 5.74) is 3.56. The maximum atomic E-state index is 13.7. The number of nitrogens with one attached hydrogen (secondary N) is 1. The van der Waals surface area contributed by atoms with E-state index in [4.69, 9.17) is 0 Å². The Morgan fingerprint density at radius 2 is 1.65 bits per heavy atom. The summed E-state index contributed by atoms with van der Waals surface area (Å²) in [6.45, 7) is 0. The van der Waals surface area contributed by atoms with E-state index in [9.17, 15) is 9.18 Å². The molecule has 5 heteroatoms. The maximum absolute atomic E-state index is 13.7. The summed E-state index contributed by atoms with van der Waals surface area (Å²) in [5.74, 6) is -0.500. The SMILES string of the molecule is O=C(Nc1ccc(Cc2ccncc2)cc1)C(Br)Cc1ccccc1F. The molecule has 0 aliphatic carbocycles. The zero-order valence-corrected chi connectivity index (χ0v) is 15.6. The van der Waals surface area contributed by atoms with Crippen molar-refractivity contribution in [3.05, 3.63) is 95.6 Å². The van der Waals surface area contributed by atoms with Crippen molar-refractivity contribution >= 4 is 27.5 Å². The molecule has 0 bridgehead atoms. The van der Waals surface area contributed by atoms with Gasteiger partial charge in [-0.3, -0.25) is 9.78 Å². The lowest BCUT2D eigenvalue weighted by Crippen LogP contribution is -2.25. The second-order valence-corrected chi connectivity index (χ2v) is 7.09. The lowest BCUT2D eigenvalue weighted by Gasteiger charge is -2.12. The number of carbonyl (C=O) groups excluding carboxylic acids is 1. The Labute approximate surface area is 160 Å². The van der Waals surface area contributed by atoms with E-state index >= 15 is 0 Å². The fraction of sp³-hybridized carbons (Fsp3) is 0.143. The molecule has 0 spiro atoms. The third-order valence-corrected chi connectivity index (χ3v) is 4.76. The first kappa shape index (κ1) is 18.3. The number of hydrogen-bond donors (Lipinski definition) is 1. The summed E-state index contributed by atoms with van der Waals surface area (Å²) in [6.07, 6.45) is 4.65. The van der Waals surface area contributed by atoms with Crippen LogP contribution in [0.2, 0.25) is 0 Å². The number of hydrogen-bond acceptors (Lipinski definition) is 2. The smallest absolute Gasteiger partial charge is 0.238 e. The van der Waals surface area contributed by atoms with Crippen LogP contribution in [0.15, 0.2) is 73.1 Å². The summed E-state index contributed by atoms with van der Waals surface area (Å²) in [6, 6.07) is 18.1. The van der Waals surface area contributed by atoms with E-state index in [2.05, 4.69) is 26.2 Å². The minimum absolute atomic E-state index is 0.199. The van der Waals surface area contributed by atoms with Gasteiger partial charge in [-0.25, -0.2) is 4.39 Å². The number of nitrogens with zero attached hydrogens (tertiary/aromatic N) is 1. The van der Waals surface area contributed by atoms with E-state index in [1.54, 1.807) is 30.6 Å². The van der Waals surface area contributed by atoms with Gasteiger partial charge in [0.05, 0.1) is 4.83 Å². The highest BCUT2D eigenvalue weighted by molar-refractivity contribution is 9.10. The molecule has 1 unspecified atom stereocenters. The molecule has 3 nitrogen and oxygen atoms in total. The number of halogens is 2. The van der Waals surface area contributed by atoms with E-state index in [0.717, 1.165) is 12.0 Å². The molecule has 1 heterocycles. The van der Waals surface area contributed by atoms with Gasteiger partial charge in [0.1, 0.15) is 5.82 Å². The number of aromatic nitrogens is 1. The quantitative estimate of drug-likeness (QED) is 0.593. The Balaban J connectivity index is 1.58. The summed E-state index contributed by atoms with van der Waals surface area (Å²) in [4.78, 5) is 15.8. The Kier molecular flexibility index (Phi) is 6.12. The van der Waals surface area contributed by atoms with Gasteiger partial charge in [0.2, 0.25) is 5.91 Å². The van der Waals surface area contributed by atoms with Crippen LogP contribution in [0.5, 0.6) is 0 Å². The number of alkyl halides is 1. The molecule has 3 aromatic rings. The standard InChI is InChI=1S/C21H18BrFN2O/c22-19(14-17-3-1-2-4-20(17)23)21(26)25-18-7-5-15(6-8-18)13-16-9-11-24-12-10-16/h1-12,19H,13-14H2,(H,25,26). The molecule has 132 valence electrons. The molecule has 1 N–H and O–H groups in total. The van der Waals surface area contributed by atoms with Crippen molar-refractivity contribution in [1.29, 1.82) is 0 Å². The highest BCUT2D eigenvalue weighted by Gasteiger charge is 2.17. The topological polar surface area (TPSA) is 42.0 Å². The number of pyridine rings is 1. The summed E-state index contributed by atoms with van der Waals surface area (Å²) < 4.78 is 13.7. The van der Waals surface area contributed by atoms with Gasteiger partial charge >= 0.3 is 0 Å². The Morgan fingerprint density at radius 3 is 2.35 bits per heavy atom. The number of benzene rings is 2. The first-order chi connectivity index (χ1) is 12.6. The highest BCUT2D eigenvalue weighted by Crippen LogP contribution is 2.17. The highest BCUT2D eigenvalue weighted by atomic mass is 79.9. The zero-order valence-electron chi connectivity index (χ0n) is 14.0. The van der Waals surface area contributed by atoms with Gasteiger partial charge in [-0.05, 0) is 59.9 Å². The van der Waals surface area contributed by atoms with Crippen LogP contribution in [0.4, 0.5) is 10.1 Å². The molecule has 0 fully saturated rings. The molecule has 0 aliphatic heterocycles. The van der Waals surface area contributed by atoms with E-state index in [-0.39, 0.29) is 11.7 Å². The first-order valence-electron chi connectivity index (χ1n) is 8.28. The van der Waals surface area contributed by atoms with E-state index in [1.807, 2.05) is 36.4 Å². The lowest BCUT2D eigenvalue weighted by atomic mass is 10.1. The minimum atomic E-state index is -0.504. The second-order valence-electron chi connectivity index (χ2n) is 5.98. The predicted molar refractivity (Wildman–Crippen MR) is 105 cm³/mol. The van der Waals surface area contributed by atoms with Crippen molar-refractivity contribution in [1.82, 2.24) is 4.98 Å². The van der Waals surface area contributed by atoms with Gasteiger partial charge < -0.3 is 5.32 Å². The van der Waals surface area contributed by atoms with Gasteiger partial charge in [0.25, 0.3) is 0 Å². The molecule has 0 radical (unpaired) electrons. The Hall–Kier alpha value is -2.53. The van der Waals surface area contributed by atoms with Crippen molar-refractivity contribution in [2.45, 2.75) is 17.7 Å².